The number of carbonyl (C=O) groups is 1. The van der Waals surface area contributed by atoms with E-state index in [0.29, 0.717) is 18.5 Å². The maximum Gasteiger partial charge on any atom is 0.416 e. The van der Waals surface area contributed by atoms with Gasteiger partial charge in [0, 0.05) is 50.3 Å². The molecule has 3 aromatic rings. The summed E-state index contributed by atoms with van der Waals surface area (Å²) < 4.78 is 76.8. The lowest BCUT2D eigenvalue weighted by molar-refractivity contribution is -0.138. The Hall–Kier alpha value is -3.38. The summed E-state index contributed by atoms with van der Waals surface area (Å²) in [5, 5.41) is 11.3. The van der Waals surface area contributed by atoms with Crippen LogP contribution in [0.15, 0.2) is 42.7 Å². The first-order valence-corrected chi connectivity index (χ1v) is 13.4. The molecule has 12 heteroatoms. The number of carbonyl (C=O) groups excluding carboxylic acids is 1. The molecule has 0 saturated heterocycles. The van der Waals surface area contributed by atoms with Gasteiger partial charge in [-0.2, -0.15) is 13.2 Å². The molecule has 2 aromatic carbocycles. The normalized spacial score (nSPS) is 24.6. The minimum Gasteiger partial charge on any atom is -0.381 e. The van der Waals surface area contributed by atoms with Crippen LogP contribution in [0, 0.1) is 0 Å². The van der Waals surface area contributed by atoms with E-state index in [1.807, 2.05) is 23.7 Å². The summed E-state index contributed by atoms with van der Waals surface area (Å²) in [6, 6.07) is 9.71. The first-order valence-electron chi connectivity index (χ1n) is 13.4. The summed E-state index contributed by atoms with van der Waals surface area (Å²) >= 11 is 0. The summed E-state index contributed by atoms with van der Waals surface area (Å²) in [5.74, 6) is -2.58. The van der Waals surface area contributed by atoms with E-state index in [2.05, 4.69) is 15.5 Å². The summed E-state index contributed by atoms with van der Waals surface area (Å²) in [6.07, 6.45) is -2.54. The second-order valence-corrected chi connectivity index (χ2v) is 11.8. The molecule has 0 unspecified atom stereocenters. The molecular formula is C29H30F5N5O2. The Bertz CT molecular complexity index is 1500. The second-order valence-electron chi connectivity index (χ2n) is 11.8. The number of nitrogens with zero attached hydrogens (tertiary/aromatic N) is 4. The Morgan fingerprint density at radius 2 is 1.88 bits per heavy atom. The molecule has 7 nitrogen and oxygen atoms in total. The summed E-state index contributed by atoms with van der Waals surface area (Å²) in [4.78, 5) is 15.0. The number of anilines is 1. The van der Waals surface area contributed by atoms with Crippen LogP contribution in [0.4, 0.5) is 27.6 Å². The third-order valence-electron chi connectivity index (χ3n) is 8.76. The van der Waals surface area contributed by atoms with Gasteiger partial charge >= 0.3 is 6.18 Å². The molecule has 0 bridgehead atoms. The predicted molar refractivity (Wildman–Crippen MR) is 140 cm³/mol. The van der Waals surface area contributed by atoms with Crippen LogP contribution < -0.4 is 10.2 Å². The van der Waals surface area contributed by atoms with Crippen LogP contribution in [-0.4, -0.2) is 45.3 Å². The lowest BCUT2D eigenvalue weighted by Crippen LogP contribution is -2.58. The van der Waals surface area contributed by atoms with E-state index in [0.717, 1.165) is 17.5 Å². The Morgan fingerprint density at radius 1 is 1.15 bits per heavy atom. The number of aryl methyl sites for hydroxylation is 1. The maximum atomic E-state index is 14.2. The van der Waals surface area contributed by atoms with Crippen molar-refractivity contribution >= 4 is 11.6 Å². The van der Waals surface area contributed by atoms with Crippen molar-refractivity contribution in [3.05, 3.63) is 76.4 Å². The fourth-order valence-corrected chi connectivity index (χ4v) is 6.68. The van der Waals surface area contributed by atoms with Crippen molar-refractivity contribution in [3.63, 3.8) is 0 Å². The van der Waals surface area contributed by atoms with E-state index in [4.69, 9.17) is 4.74 Å². The van der Waals surface area contributed by atoms with E-state index in [1.54, 1.807) is 32.5 Å². The zero-order valence-electron chi connectivity index (χ0n) is 22.9. The highest BCUT2D eigenvalue weighted by Gasteiger charge is 2.53. The fraction of sp³-hybridized carbons (Fsp3) is 0.483. The average molecular weight is 576 g/mol. The topological polar surface area (TPSA) is 72.3 Å². The van der Waals surface area contributed by atoms with E-state index >= 15 is 0 Å². The molecular weight excluding hydrogens is 545 g/mol. The Labute approximate surface area is 233 Å². The van der Waals surface area contributed by atoms with Crippen molar-refractivity contribution in [2.24, 2.45) is 7.05 Å². The van der Waals surface area contributed by atoms with Crippen molar-refractivity contribution in [1.82, 2.24) is 20.1 Å². The van der Waals surface area contributed by atoms with E-state index < -0.39 is 34.5 Å². The summed E-state index contributed by atoms with van der Waals surface area (Å²) in [6.45, 7) is 1.32. The summed E-state index contributed by atoms with van der Waals surface area (Å²) in [5.41, 5.74) is -0.834. The van der Waals surface area contributed by atoms with E-state index in [-0.39, 0.29) is 48.7 Å². The molecule has 2 aliphatic carbocycles. The van der Waals surface area contributed by atoms with Gasteiger partial charge in [0.15, 0.2) is 0 Å². The molecule has 2 heterocycles. The highest BCUT2D eigenvalue weighted by molar-refractivity contribution is 6.10. The van der Waals surface area contributed by atoms with Crippen molar-refractivity contribution in [2.75, 3.05) is 12.0 Å². The summed E-state index contributed by atoms with van der Waals surface area (Å²) in [7, 11) is 3.50. The predicted octanol–water partition coefficient (Wildman–Crippen LogP) is 5.37. The smallest absolute Gasteiger partial charge is 0.381 e. The van der Waals surface area contributed by atoms with Crippen LogP contribution in [-0.2, 0) is 36.5 Å². The molecule has 1 amide bonds. The molecule has 1 aliphatic heterocycles. The highest BCUT2D eigenvalue weighted by Crippen LogP contribution is 2.50. The maximum absolute atomic E-state index is 14.2. The van der Waals surface area contributed by atoms with Gasteiger partial charge in [-0.05, 0) is 60.7 Å². The van der Waals surface area contributed by atoms with Crippen LogP contribution in [0.1, 0.15) is 71.0 Å². The van der Waals surface area contributed by atoms with Crippen LogP contribution in [0.2, 0.25) is 0 Å². The number of halogens is 5. The molecule has 2 saturated carbocycles. The molecule has 6 rings (SSSR count). The number of fused-ring (bicyclic) bond motifs is 1. The number of amides is 1. The molecule has 41 heavy (non-hydrogen) atoms. The van der Waals surface area contributed by atoms with Gasteiger partial charge in [0.2, 0.25) is 0 Å². The van der Waals surface area contributed by atoms with Crippen LogP contribution >= 0.6 is 0 Å². The molecule has 1 N–H and O–H groups in total. The molecule has 218 valence electrons. The number of rotatable bonds is 7. The van der Waals surface area contributed by atoms with Crippen molar-refractivity contribution in [3.8, 4) is 0 Å². The van der Waals surface area contributed by atoms with Gasteiger partial charge in [-0.15, -0.1) is 10.2 Å². The molecule has 0 atom stereocenters. The minimum atomic E-state index is -4.69. The van der Waals surface area contributed by atoms with Gasteiger partial charge in [-0.1, -0.05) is 12.1 Å². The first-order chi connectivity index (χ1) is 19.2. The van der Waals surface area contributed by atoms with Crippen LogP contribution in [0.5, 0.6) is 0 Å². The van der Waals surface area contributed by atoms with Gasteiger partial charge in [0.05, 0.1) is 23.6 Å². The number of ether oxygens (including phenoxy) is 1. The van der Waals surface area contributed by atoms with Crippen molar-refractivity contribution in [1.29, 1.82) is 0 Å². The number of hydrogen-bond donors (Lipinski definition) is 1. The SMILES string of the molecule is COC1CC(c2cccc(N3Cc4c(cc(CNC5(C)CC(F)(F)C5)cc4C(F)(F)F)C3=O)c2)(c2nncn2C)C1. The molecule has 1 aromatic heterocycles. The lowest BCUT2D eigenvalue weighted by Gasteiger charge is -2.46. The van der Waals surface area contributed by atoms with Crippen molar-refractivity contribution in [2.45, 2.75) is 74.9 Å². The van der Waals surface area contributed by atoms with E-state index in [9.17, 15) is 26.7 Å². The third-order valence-corrected chi connectivity index (χ3v) is 8.76. The second kappa shape index (κ2) is 9.32. The lowest BCUT2D eigenvalue weighted by atomic mass is 9.62. The Balaban J connectivity index is 1.31. The van der Waals surface area contributed by atoms with Crippen LogP contribution in [0.3, 0.4) is 0 Å². The number of alkyl halides is 5. The minimum absolute atomic E-state index is 0.0165. The zero-order valence-corrected chi connectivity index (χ0v) is 22.9. The molecule has 0 spiro atoms. The van der Waals surface area contributed by atoms with Gasteiger partial charge < -0.3 is 19.5 Å². The average Bonchev–Trinajstić information content (AvgIpc) is 3.44. The van der Waals surface area contributed by atoms with Gasteiger partial charge in [-0.25, -0.2) is 8.78 Å². The molecule has 0 radical (unpaired) electrons. The van der Waals surface area contributed by atoms with E-state index in [1.165, 1.54) is 11.0 Å². The molecule has 3 aliphatic rings. The van der Waals surface area contributed by atoms with Gasteiger partial charge in [0.1, 0.15) is 12.2 Å². The number of methoxy groups -OCH3 is 1. The van der Waals surface area contributed by atoms with Crippen molar-refractivity contribution < 1.29 is 31.5 Å². The highest BCUT2D eigenvalue weighted by atomic mass is 19.4. The molecule has 2 fully saturated rings. The van der Waals surface area contributed by atoms with Crippen LogP contribution in [0.25, 0.3) is 0 Å². The number of benzene rings is 2. The fourth-order valence-electron chi connectivity index (χ4n) is 6.68. The first kappa shape index (κ1) is 27.8. The number of hydrogen-bond acceptors (Lipinski definition) is 5. The quantitative estimate of drug-likeness (QED) is 0.384. The standard InChI is InChI=1S/C29H30F5N5O2/c1-26(14-28(30,31)15-26)35-12-17-7-21-22(23(8-17)29(32,33)34)13-39(24(21)40)19-6-4-5-18(9-19)27(10-20(11-27)41-3)25-37-36-16-38(25)2/h4-9,16,20,35H,10-15H2,1-3H3. The van der Waals surface area contributed by atoms with Gasteiger partial charge in [0.25, 0.3) is 11.8 Å². The third kappa shape index (κ3) is 4.70. The monoisotopic (exact) mass is 575 g/mol. The number of nitrogens with one attached hydrogen (secondary N) is 1. The number of aromatic nitrogens is 3. The van der Waals surface area contributed by atoms with Gasteiger partial charge in [-0.3, -0.25) is 4.79 Å². The Kier molecular flexibility index (Phi) is 6.31. The largest absolute Gasteiger partial charge is 0.416 e. The zero-order chi connectivity index (χ0) is 29.4. The Morgan fingerprint density at radius 3 is 2.49 bits per heavy atom.